The number of hydrogen-bond acceptors (Lipinski definition) is 3. The van der Waals surface area contributed by atoms with Crippen LogP contribution in [0, 0.1) is 5.82 Å². The van der Waals surface area contributed by atoms with Gasteiger partial charge in [-0.15, -0.1) is 0 Å². The number of carbonyl (C=O) groups is 2. The Kier molecular flexibility index (Phi) is 4.45. The van der Waals surface area contributed by atoms with Gasteiger partial charge >= 0.3 is 6.03 Å². The third-order valence-corrected chi connectivity index (χ3v) is 2.43. The summed E-state index contributed by atoms with van der Waals surface area (Å²) in [4.78, 5) is 21.8. The Hall–Kier alpha value is -1.63. The molecule has 3 amide bonds. The zero-order valence-electron chi connectivity index (χ0n) is 8.87. The number of hydrogen-bond donors (Lipinski definition) is 2. The van der Waals surface area contributed by atoms with Crippen molar-refractivity contribution in [2.75, 3.05) is 0 Å². The highest BCUT2D eigenvalue weighted by Crippen LogP contribution is 2.26. The molecule has 0 fully saturated rings. The number of benzene rings is 1. The van der Waals surface area contributed by atoms with Crippen LogP contribution in [-0.4, -0.2) is 18.0 Å². The Morgan fingerprint density at radius 1 is 1.53 bits per heavy atom. The quantitative estimate of drug-likeness (QED) is 0.889. The molecule has 0 aromatic heterocycles. The van der Waals surface area contributed by atoms with Crippen LogP contribution in [0.4, 0.5) is 9.18 Å². The summed E-state index contributed by atoms with van der Waals surface area (Å²) in [6.07, 6.45) is -0.927. The van der Waals surface area contributed by atoms with Gasteiger partial charge in [0.2, 0.25) is 0 Å². The van der Waals surface area contributed by atoms with Gasteiger partial charge in [0.05, 0.1) is 4.47 Å². The number of ether oxygens (including phenoxy) is 1. The van der Waals surface area contributed by atoms with Crippen molar-refractivity contribution in [3.63, 3.8) is 0 Å². The summed E-state index contributed by atoms with van der Waals surface area (Å²) in [5, 5.41) is 1.88. The highest BCUT2D eigenvalue weighted by Gasteiger charge is 2.17. The number of amides is 3. The summed E-state index contributed by atoms with van der Waals surface area (Å²) < 4.78 is 18.4. The third kappa shape index (κ3) is 4.03. The number of nitrogens with two attached hydrogens (primary N) is 1. The van der Waals surface area contributed by atoms with Crippen molar-refractivity contribution >= 4 is 27.9 Å². The highest BCUT2D eigenvalue weighted by atomic mass is 79.9. The van der Waals surface area contributed by atoms with Crippen LogP contribution >= 0.6 is 15.9 Å². The monoisotopic (exact) mass is 304 g/mol. The van der Waals surface area contributed by atoms with E-state index in [0.29, 0.717) is 10.2 Å². The molecule has 0 aliphatic rings. The lowest BCUT2D eigenvalue weighted by molar-refractivity contribution is -0.126. The molecule has 0 spiro atoms. The number of nitrogens with one attached hydrogen (secondary N) is 1. The summed E-state index contributed by atoms with van der Waals surface area (Å²) in [7, 11) is 0. The number of rotatable bonds is 3. The van der Waals surface area contributed by atoms with E-state index in [9.17, 15) is 14.0 Å². The topological polar surface area (TPSA) is 81.4 Å². The lowest BCUT2D eigenvalue weighted by Gasteiger charge is -2.14. The zero-order chi connectivity index (χ0) is 13.0. The van der Waals surface area contributed by atoms with Gasteiger partial charge in [-0.2, -0.15) is 0 Å². The molecule has 0 heterocycles. The van der Waals surface area contributed by atoms with Gasteiger partial charge in [0, 0.05) is 0 Å². The van der Waals surface area contributed by atoms with Crippen LogP contribution in [0.1, 0.15) is 6.92 Å². The number of primary amides is 1. The Morgan fingerprint density at radius 2 is 2.18 bits per heavy atom. The molecular weight excluding hydrogens is 295 g/mol. The minimum atomic E-state index is -0.955. The zero-order valence-corrected chi connectivity index (χ0v) is 10.5. The average Bonchev–Trinajstić information content (AvgIpc) is 2.21. The molecule has 0 saturated heterocycles. The van der Waals surface area contributed by atoms with Gasteiger partial charge in [0.15, 0.2) is 6.10 Å². The second-order valence-electron chi connectivity index (χ2n) is 3.19. The van der Waals surface area contributed by atoms with Gasteiger partial charge < -0.3 is 10.5 Å². The number of carbonyl (C=O) groups excluding carboxylic acids is 2. The molecule has 0 aliphatic heterocycles. The standard InChI is InChI=1S/C10H10BrFN2O3/c1-5(9(15)14-10(13)16)17-8-3-2-6(12)4-7(8)11/h2-5H,1H3,(H3,13,14,15,16)/t5-/m1/s1. The maximum Gasteiger partial charge on any atom is 0.318 e. The van der Waals surface area contributed by atoms with E-state index in [4.69, 9.17) is 10.5 Å². The molecule has 0 saturated carbocycles. The maximum atomic E-state index is 12.8. The Bertz CT molecular complexity index is 453. The van der Waals surface area contributed by atoms with E-state index in [1.54, 1.807) is 0 Å². The molecule has 0 bridgehead atoms. The Balaban J connectivity index is 2.70. The number of urea groups is 1. The molecule has 1 rings (SSSR count). The predicted octanol–water partition coefficient (Wildman–Crippen LogP) is 1.55. The van der Waals surface area contributed by atoms with Crippen molar-refractivity contribution in [2.45, 2.75) is 13.0 Å². The summed E-state index contributed by atoms with van der Waals surface area (Å²) in [6, 6.07) is 2.81. The number of imide groups is 1. The van der Waals surface area contributed by atoms with E-state index in [-0.39, 0.29) is 0 Å². The summed E-state index contributed by atoms with van der Waals surface area (Å²) in [5.74, 6) is -0.814. The first-order valence-corrected chi connectivity index (χ1v) is 5.41. The van der Waals surface area contributed by atoms with Crippen molar-refractivity contribution in [1.82, 2.24) is 5.32 Å². The molecule has 0 aliphatic carbocycles. The SMILES string of the molecule is C[C@@H](Oc1ccc(F)cc1Br)C(=O)NC(N)=O. The van der Waals surface area contributed by atoms with Gasteiger partial charge in [0.25, 0.3) is 5.91 Å². The highest BCUT2D eigenvalue weighted by molar-refractivity contribution is 9.10. The molecule has 92 valence electrons. The van der Waals surface area contributed by atoms with Crippen LogP contribution < -0.4 is 15.8 Å². The van der Waals surface area contributed by atoms with E-state index in [2.05, 4.69) is 15.9 Å². The number of halogens is 2. The van der Waals surface area contributed by atoms with Gasteiger partial charge in [-0.3, -0.25) is 10.1 Å². The van der Waals surface area contributed by atoms with Crippen LogP contribution in [0.2, 0.25) is 0 Å². The minimum Gasteiger partial charge on any atom is -0.480 e. The van der Waals surface area contributed by atoms with Crippen molar-refractivity contribution in [2.24, 2.45) is 5.73 Å². The lowest BCUT2D eigenvalue weighted by atomic mass is 10.3. The van der Waals surface area contributed by atoms with Crippen LogP contribution in [0.15, 0.2) is 22.7 Å². The fraction of sp³-hybridized carbons (Fsp3) is 0.200. The van der Waals surface area contributed by atoms with Crippen LogP contribution in [0.5, 0.6) is 5.75 Å². The maximum absolute atomic E-state index is 12.8. The van der Waals surface area contributed by atoms with Crippen LogP contribution in [-0.2, 0) is 4.79 Å². The molecule has 7 heteroatoms. The molecule has 1 aromatic rings. The summed E-state index contributed by atoms with van der Waals surface area (Å²) in [6.45, 7) is 1.44. The fourth-order valence-electron chi connectivity index (χ4n) is 1.04. The summed E-state index contributed by atoms with van der Waals surface area (Å²) >= 11 is 3.09. The van der Waals surface area contributed by atoms with E-state index in [0.717, 1.165) is 0 Å². The Morgan fingerprint density at radius 3 is 2.71 bits per heavy atom. The molecule has 17 heavy (non-hydrogen) atoms. The average molecular weight is 305 g/mol. The van der Waals surface area contributed by atoms with E-state index in [1.807, 2.05) is 5.32 Å². The molecule has 1 atom stereocenters. The Labute approximate surface area is 105 Å². The first-order chi connectivity index (χ1) is 7.90. The van der Waals surface area contributed by atoms with Gasteiger partial charge in [-0.05, 0) is 41.1 Å². The van der Waals surface area contributed by atoms with Gasteiger partial charge in [-0.25, -0.2) is 9.18 Å². The van der Waals surface area contributed by atoms with E-state index in [1.165, 1.54) is 25.1 Å². The molecule has 5 nitrogen and oxygen atoms in total. The molecule has 3 N–H and O–H groups in total. The first-order valence-electron chi connectivity index (χ1n) is 4.62. The van der Waals surface area contributed by atoms with Gasteiger partial charge in [-0.1, -0.05) is 0 Å². The second-order valence-corrected chi connectivity index (χ2v) is 4.04. The molecule has 1 aromatic carbocycles. The predicted molar refractivity (Wildman–Crippen MR) is 61.9 cm³/mol. The van der Waals surface area contributed by atoms with E-state index < -0.39 is 23.9 Å². The van der Waals surface area contributed by atoms with Crippen molar-refractivity contribution < 1.29 is 18.7 Å². The minimum absolute atomic E-state index is 0.290. The molecule has 0 unspecified atom stereocenters. The molecular formula is C10H10BrFN2O3. The first kappa shape index (κ1) is 13.4. The summed E-state index contributed by atoms with van der Waals surface area (Å²) in [5.41, 5.74) is 4.79. The van der Waals surface area contributed by atoms with Crippen molar-refractivity contribution in [1.29, 1.82) is 0 Å². The van der Waals surface area contributed by atoms with Crippen molar-refractivity contribution in [3.05, 3.63) is 28.5 Å². The molecule has 0 radical (unpaired) electrons. The van der Waals surface area contributed by atoms with Crippen LogP contribution in [0.25, 0.3) is 0 Å². The normalized spacial score (nSPS) is 11.7. The van der Waals surface area contributed by atoms with Gasteiger partial charge in [0.1, 0.15) is 11.6 Å². The fourth-order valence-corrected chi connectivity index (χ4v) is 1.48. The van der Waals surface area contributed by atoms with Crippen LogP contribution in [0.3, 0.4) is 0 Å². The van der Waals surface area contributed by atoms with E-state index >= 15 is 0 Å². The third-order valence-electron chi connectivity index (χ3n) is 1.81. The largest absolute Gasteiger partial charge is 0.480 e. The lowest BCUT2D eigenvalue weighted by Crippen LogP contribution is -2.42. The second kappa shape index (κ2) is 5.62. The van der Waals surface area contributed by atoms with Crippen molar-refractivity contribution in [3.8, 4) is 5.75 Å². The smallest absolute Gasteiger partial charge is 0.318 e.